The molecule has 0 nitrogen and oxygen atoms in total. The second-order valence-corrected chi connectivity index (χ2v) is 4.88. The summed E-state index contributed by atoms with van der Waals surface area (Å²) in [5, 5.41) is 2.60. The SMILES string of the molecule is Cc1ccc(C)c(-c2ccc3ccccc3c2)c1. The summed E-state index contributed by atoms with van der Waals surface area (Å²) in [7, 11) is 0. The van der Waals surface area contributed by atoms with Crippen molar-refractivity contribution in [1.82, 2.24) is 0 Å². The molecule has 0 heterocycles. The average molecular weight is 232 g/mol. The van der Waals surface area contributed by atoms with Crippen LogP contribution in [0.3, 0.4) is 0 Å². The number of hydrogen-bond donors (Lipinski definition) is 0. The first kappa shape index (κ1) is 11.0. The van der Waals surface area contributed by atoms with Gasteiger partial charge in [-0.1, -0.05) is 60.2 Å². The minimum atomic E-state index is 1.30. The molecule has 18 heavy (non-hydrogen) atoms. The van der Waals surface area contributed by atoms with Crippen LogP contribution < -0.4 is 0 Å². The van der Waals surface area contributed by atoms with E-state index in [0.717, 1.165) is 0 Å². The summed E-state index contributed by atoms with van der Waals surface area (Å²) in [6.45, 7) is 4.31. The molecule has 3 aromatic carbocycles. The molecule has 0 N–H and O–H groups in total. The molecule has 0 heteroatoms. The van der Waals surface area contributed by atoms with Gasteiger partial charge in [0, 0.05) is 0 Å². The van der Waals surface area contributed by atoms with Crippen LogP contribution in [0.2, 0.25) is 0 Å². The zero-order chi connectivity index (χ0) is 12.5. The van der Waals surface area contributed by atoms with Gasteiger partial charge in [-0.05, 0) is 47.4 Å². The van der Waals surface area contributed by atoms with Crippen LogP contribution in [-0.4, -0.2) is 0 Å². The van der Waals surface area contributed by atoms with E-state index in [1.165, 1.54) is 33.0 Å². The highest BCUT2D eigenvalue weighted by molar-refractivity contribution is 5.87. The molecular formula is C18H16. The smallest absolute Gasteiger partial charge is 0.0152 e. The summed E-state index contributed by atoms with van der Waals surface area (Å²) < 4.78 is 0. The van der Waals surface area contributed by atoms with Crippen LogP contribution in [0.1, 0.15) is 11.1 Å². The largest absolute Gasteiger partial charge is 0.0616 e. The van der Waals surface area contributed by atoms with Gasteiger partial charge in [-0.3, -0.25) is 0 Å². The Kier molecular flexibility index (Phi) is 2.64. The Morgan fingerprint density at radius 1 is 0.667 bits per heavy atom. The van der Waals surface area contributed by atoms with E-state index >= 15 is 0 Å². The van der Waals surface area contributed by atoms with E-state index in [9.17, 15) is 0 Å². The fourth-order valence-electron chi connectivity index (χ4n) is 2.40. The lowest BCUT2D eigenvalue weighted by Gasteiger charge is -2.08. The predicted molar refractivity (Wildman–Crippen MR) is 78.9 cm³/mol. The number of rotatable bonds is 1. The minimum absolute atomic E-state index is 1.30. The van der Waals surface area contributed by atoms with E-state index in [1.54, 1.807) is 0 Å². The van der Waals surface area contributed by atoms with Crippen LogP contribution in [0, 0.1) is 13.8 Å². The Hall–Kier alpha value is -2.08. The second-order valence-electron chi connectivity index (χ2n) is 4.88. The summed E-state index contributed by atoms with van der Waals surface area (Å²) >= 11 is 0. The maximum absolute atomic E-state index is 2.27. The van der Waals surface area contributed by atoms with Crippen molar-refractivity contribution in [2.45, 2.75) is 13.8 Å². The van der Waals surface area contributed by atoms with Gasteiger partial charge in [-0.25, -0.2) is 0 Å². The average Bonchev–Trinajstić information content (AvgIpc) is 2.41. The molecule has 0 aromatic heterocycles. The molecule has 0 aliphatic carbocycles. The predicted octanol–water partition coefficient (Wildman–Crippen LogP) is 5.12. The molecule has 0 radical (unpaired) electrons. The number of benzene rings is 3. The van der Waals surface area contributed by atoms with Crippen LogP contribution in [0.25, 0.3) is 21.9 Å². The molecule has 0 unspecified atom stereocenters. The van der Waals surface area contributed by atoms with E-state index in [0.29, 0.717) is 0 Å². The van der Waals surface area contributed by atoms with Gasteiger partial charge < -0.3 is 0 Å². The van der Waals surface area contributed by atoms with Crippen LogP contribution in [-0.2, 0) is 0 Å². The normalized spacial score (nSPS) is 10.8. The first-order chi connectivity index (χ1) is 8.74. The highest BCUT2D eigenvalue weighted by atomic mass is 14.1. The Morgan fingerprint density at radius 2 is 1.44 bits per heavy atom. The first-order valence-corrected chi connectivity index (χ1v) is 6.30. The highest BCUT2D eigenvalue weighted by Gasteiger charge is 2.03. The lowest BCUT2D eigenvalue weighted by molar-refractivity contribution is 1.39. The Labute approximate surface area is 108 Å². The Balaban J connectivity index is 2.22. The maximum atomic E-state index is 2.27. The van der Waals surface area contributed by atoms with Crippen molar-refractivity contribution < 1.29 is 0 Å². The monoisotopic (exact) mass is 232 g/mol. The van der Waals surface area contributed by atoms with Gasteiger partial charge >= 0.3 is 0 Å². The minimum Gasteiger partial charge on any atom is -0.0616 e. The third-order valence-electron chi connectivity index (χ3n) is 3.45. The number of hydrogen-bond acceptors (Lipinski definition) is 0. The molecule has 0 atom stereocenters. The molecule has 3 rings (SSSR count). The highest BCUT2D eigenvalue weighted by Crippen LogP contribution is 2.27. The van der Waals surface area contributed by atoms with Crippen molar-refractivity contribution in [3.63, 3.8) is 0 Å². The molecule has 0 saturated heterocycles. The van der Waals surface area contributed by atoms with E-state index in [4.69, 9.17) is 0 Å². The van der Waals surface area contributed by atoms with E-state index in [2.05, 4.69) is 74.5 Å². The Morgan fingerprint density at radius 3 is 2.28 bits per heavy atom. The number of fused-ring (bicyclic) bond motifs is 1. The second kappa shape index (κ2) is 4.30. The molecule has 0 aliphatic rings. The van der Waals surface area contributed by atoms with Gasteiger partial charge in [0.15, 0.2) is 0 Å². The standard InChI is InChI=1S/C18H16/c1-13-7-8-14(2)18(11-13)17-10-9-15-5-3-4-6-16(15)12-17/h3-12H,1-2H3. The number of aryl methyl sites for hydroxylation is 2. The molecule has 88 valence electrons. The Bertz CT molecular complexity index is 708. The van der Waals surface area contributed by atoms with Gasteiger partial charge in [-0.15, -0.1) is 0 Å². The summed E-state index contributed by atoms with van der Waals surface area (Å²) in [6.07, 6.45) is 0. The van der Waals surface area contributed by atoms with E-state index < -0.39 is 0 Å². The molecule has 0 aliphatic heterocycles. The van der Waals surface area contributed by atoms with E-state index in [1.807, 2.05) is 0 Å². The molecule has 0 fully saturated rings. The first-order valence-electron chi connectivity index (χ1n) is 6.30. The van der Waals surface area contributed by atoms with E-state index in [-0.39, 0.29) is 0 Å². The quantitative estimate of drug-likeness (QED) is 0.546. The lowest BCUT2D eigenvalue weighted by atomic mass is 9.96. The fourth-order valence-corrected chi connectivity index (χ4v) is 2.40. The third kappa shape index (κ3) is 1.91. The van der Waals surface area contributed by atoms with Gasteiger partial charge in [0.2, 0.25) is 0 Å². The summed E-state index contributed by atoms with van der Waals surface area (Å²) in [5.41, 5.74) is 5.27. The molecule has 0 spiro atoms. The van der Waals surface area contributed by atoms with Gasteiger partial charge in [0.1, 0.15) is 0 Å². The molecular weight excluding hydrogens is 216 g/mol. The van der Waals surface area contributed by atoms with Crippen LogP contribution >= 0.6 is 0 Å². The molecule has 3 aromatic rings. The van der Waals surface area contributed by atoms with Crippen molar-refractivity contribution in [3.8, 4) is 11.1 Å². The fraction of sp³-hybridized carbons (Fsp3) is 0.111. The zero-order valence-electron chi connectivity index (χ0n) is 10.8. The van der Waals surface area contributed by atoms with Crippen molar-refractivity contribution in [1.29, 1.82) is 0 Å². The lowest BCUT2D eigenvalue weighted by Crippen LogP contribution is -1.85. The third-order valence-corrected chi connectivity index (χ3v) is 3.45. The van der Waals surface area contributed by atoms with Crippen molar-refractivity contribution >= 4 is 10.8 Å². The van der Waals surface area contributed by atoms with Crippen molar-refractivity contribution in [3.05, 3.63) is 71.8 Å². The maximum Gasteiger partial charge on any atom is -0.0152 e. The van der Waals surface area contributed by atoms with Crippen LogP contribution in [0.15, 0.2) is 60.7 Å². The zero-order valence-corrected chi connectivity index (χ0v) is 10.8. The summed E-state index contributed by atoms with van der Waals surface area (Å²) in [4.78, 5) is 0. The van der Waals surface area contributed by atoms with Gasteiger partial charge in [0.05, 0.1) is 0 Å². The van der Waals surface area contributed by atoms with Crippen LogP contribution in [0.5, 0.6) is 0 Å². The topological polar surface area (TPSA) is 0 Å². The van der Waals surface area contributed by atoms with Crippen molar-refractivity contribution in [2.24, 2.45) is 0 Å². The molecule has 0 bridgehead atoms. The van der Waals surface area contributed by atoms with Gasteiger partial charge in [0.25, 0.3) is 0 Å². The summed E-state index contributed by atoms with van der Waals surface area (Å²) in [5.74, 6) is 0. The molecule has 0 saturated carbocycles. The molecule has 0 amide bonds. The van der Waals surface area contributed by atoms with Crippen molar-refractivity contribution in [2.75, 3.05) is 0 Å². The van der Waals surface area contributed by atoms with Gasteiger partial charge in [-0.2, -0.15) is 0 Å². The summed E-state index contributed by atoms with van der Waals surface area (Å²) in [6, 6.07) is 21.8. The van der Waals surface area contributed by atoms with Crippen LogP contribution in [0.4, 0.5) is 0 Å².